The van der Waals surface area contributed by atoms with Gasteiger partial charge in [0.2, 0.25) is 5.88 Å². The van der Waals surface area contributed by atoms with E-state index in [2.05, 4.69) is 21.4 Å². The van der Waals surface area contributed by atoms with Crippen molar-refractivity contribution in [2.75, 3.05) is 20.2 Å². The van der Waals surface area contributed by atoms with Crippen molar-refractivity contribution >= 4 is 5.57 Å². The minimum Gasteiger partial charge on any atom is -0.479 e. The summed E-state index contributed by atoms with van der Waals surface area (Å²) in [5.74, 6) is 2.05. The van der Waals surface area contributed by atoms with Crippen LogP contribution in [0.1, 0.15) is 17.8 Å². The van der Waals surface area contributed by atoms with Crippen molar-refractivity contribution in [3.8, 4) is 5.88 Å². The zero-order chi connectivity index (χ0) is 11.8. The number of rotatable bonds is 2. The van der Waals surface area contributed by atoms with Crippen LogP contribution in [0, 0.1) is 18.8 Å². The van der Waals surface area contributed by atoms with Gasteiger partial charge in [0, 0.05) is 6.54 Å². The molecule has 0 amide bonds. The van der Waals surface area contributed by atoms with Crippen LogP contribution in [-0.2, 0) is 0 Å². The Morgan fingerprint density at radius 3 is 3.06 bits per heavy atom. The Morgan fingerprint density at radius 1 is 1.41 bits per heavy atom. The minimum absolute atomic E-state index is 0.648. The van der Waals surface area contributed by atoms with E-state index in [1.165, 1.54) is 5.57 Å². The second-order valence-electron chi connectivity index (χ2n) is 4.85. The second kappa shape index (κ2) is 4.11. The van der Waals surface area contributed by atoms with Gasteiger partial charge < -0.3 is 10.1 Å². The first-order valence-corrected chi connectivity index (χ1v) is 6.07. The van der Waals surface area contributed by atoms with Gasteiger partial charge in [-0.1, -0.05) is 6.08 Å². The van der Waals surface area contributed by atoms with Gasteiger partial charge in [-0.2, -0.15) is 0 Å². The van der Waals surface area contributed by atoms with E-state index in [-0.39, 0.29) is 0 Å². The highest BCUT2D eigenvalue weighted by Gasteiger charge is 2.33. The van der Waals surface area contributed by atoms with Crippen LogP contribution in [0.15, 0.2) is 12.3 Å². The van der Waals surface area contributed by atoms with Gasteiger partial charge in [-0.05, 0) is 37.3 Å². The number of aryl methyl sites for hydroxylation is 1. The first kappa shape index (κ1) is 10.7. The molecule has 1 aromatic heterocycles. The molecule has 4 nitrogen and oxygen atoms in total. The third kappa shape index (κ3) is 1.82. The molecule has 4 heteroatoms. The molecule has 2 atom stereocenters. The Kier molecular flexibility index (Phi) is 2.59. The SMILES string of the molecule is COc1ncc(C)nc1C1=CC2CNCC2C1. The van der Waals surface area contributed by atoms with Crippen molar-refractivity contribution in [1.29, 1.82) is 0 Å². The number of nitrogens with zero attached hydrogens (tertiary/aromatic N) is 2. The molecule has 1 aromatic rings. The largest absolute Gasteiger partial charge is 0.479 e. The van der Waals surface area contributed by atoms with E-state index in [4.69, 9.17) is 4.74 Å². The number of allylic oxidation sites excluding steroid dienone is 1. The van der Waals surface area contributed by atoms with Gasteiger partial charge in [0.15, 0.2) is 0 Å². The molecule has 1 saturated heterocycles. The summed E-state index contributed by atoms with van der Waals surface area (Å²) in [6, 6.07) is 0. The summed E-state index contributed by atoms with van der Waals surface area (Å²) in [6.45, 7) is 4.18. The summed E-state index contributed by atoms with van der Waals surface area (Å²) in [5, 5.41) is 3.42. The maximum atomic E-state index is 5.30. The molecule has 0 aromatic carbocycles. The molecule has 3 rings (SSSR count). The Morgan fingerprint density at radius 2 is 2.29 bits per heavy atom. The lowest BCUT2D eigenvalue weighted by atomic mass is 9.99. The van der Waals surface area contributed by atoms with Crippen LogP contribution in [-0.4, -0.2) is 30.2 Å². The highest BCUT2D eigenvalue weighted by atomic mass is 16.5. The molecule has 1 aliphatic carbocycles. The fourth-order valence-electron chi connectivity index (χ4n) is 2.78. The van der Waals surface area contributed by atoms with Gasteiger partial charge in [0.05, 0.1) is 19.0 Å². The zero-order valence-electron chi connectivity index (χ0n) is 10.2. The lowest BCUT2D eigenvalue weighted by molar-refractivity contribution is 0.393. The Hall–Kier alpha value is -1.42. The van der Waals surface area contributed by atoms with Crippen LogP contribution in [0.4, 0.5) is 0 Å². The molecule has 0 bridgehead atoms. The highest BCUT2D eigenvalue weighted by Crippen LogP contribution is 2.39. The average molecular weight is 231 g/mol. The zero-order valence-corrected chi connectivity index (χ0v) is 10.2. The van der Waals surface area contributed by atoms with Crippen LogP contribution < -0.4 is 10.1 Å². The quantitative estimate of drug-likeness (QED) is 0.836. The predicted octanol–water partition coefficient (Wildman–Crippen LogP) is 1.42. The molecule has 1 aliphatic heterocycles. The van der Waals surface area contributed by atoms with E-state index < -0.39 is 0 Å². The van der Waals surface area contributed by atoms with Gasteiger partial charge in [0.25, 0.3) is 0 Å². The molecule has 1 fully saturated rings. The molecule has 2 unspecified atom stereocenters. The van der Waals surface area contributed by atoms with Crippen molar-refractivity contribution in [1.82, 2.24) is 15.3 Å². The lowest BCUT2D eigenvalue weighted by Crippen LogP contribution is -2.09. The third-order valence-corrected chi connectivity index (χ3v) is 3.65. The number of methoxy groups -OCH3 is 1. The average Bonchev–Trinajstić information content (AvgIpc) is 2.88. The Bertz CT molecular complexity index is 470. The molecular formula is C13H17N3O. The van der Waals surface area contributed by atoms with Gasteiger partial charge in [-0.3, -0.25) is 0 Å². The van der Waals surface area contributed by atoms with E-state index in [0.29, 0.717) is 11.8 Å². The van der Waals surface area contributed by atoms with E-state index >= 15 is 0 Å². The van der Waals surface area contributed by atoms with Gasteiger partial charge >= 0.3 is 0 Å². The maximum absolute atomic E-state index is 5.30. The van der Waals surface area contributed by atoms with Crippen molar-refractivity contribution in [3.63, 3.8) is 0 Å². The molecule has 0 saturated carbocycles. The normalized spacial score (nSPS) is 26.8. The fourth-order valence-corrected chi connectivity index (χ4v) is 2.78. The summed E-state index contributed by atoms with van der Waals surface area (Å²) in [4.78, 5) is 8.87. The smallest absolute Gasteiger partial charge is 0.239 e. The number of ether oxygens (including phenoxy) is 1. The standard InChI is InChI=1S/C13H17N3O/c1-8-5-15-13(17-2)12(16-8)9-3-10-6-14-7-11(10)4-9/h3,5,10-11,14H,4,6-7H2,1-2H3. The van der Waals surface area contributed by atoms with E-state index in [1.807, 2.05) is 6.92 Å². The Balaban J connectivity index is 1.96. The summed E-state index contributed by atoms with van der Waals surface area (Å²) >= 11 is 0. The third-order valence-electron chi connectivity index (χ3n) is 3.65. The number of aromatic nitrogens is 2. The monoisotopic (exact) mass is 231 g/mol. The molecule has 0 radical (unpaired) electrons. The summed E-state index contributed by atoms with van der Waals surface area (Å²) in [7, 11) is 1.65. The molecule has 1 N–H and O–H groups in total. The van der Waals surface area contributed by atoms with Crippen LogP contribution in [0.25, 0.3) is 5.57 Å². The predicted molar refractivity (Wildman–Crippen MR) is 65.8 cm³/mol. The van der Waals surface area contributed by atoms with Gasteiger partial charge in [-0.25, -0.2) is 9.97 Å². The maximum Gasteiger partial charge on any atom is 0.239 e. The second-order valence-corrected chi connectivity index (χ2v) is 4.85. The number of hydrogen-bond acceptors (Lipinski definition) is 4. The molecule has 2 heterocycles. The van der Waals surface area contributed by atoms with Gasteiger partial charge in [0.1, 0.15) is 5.69 Å². The molecule has 2 aliphatic rings. The summed E-state index contributed by atoms with van der Waals surface area (Å²) in [5.41, 5.74) is 3.17. The van der Waals surface area contributed by atoms with E-state index in [0.717, 1.165) is 36.8 Å². The lowest BCUT2D eigenvalue weighted by Gasteiger charge is -2.09. The number of nitrogens with one attached hydrogen (secondary N) is 1. The molecule has 0 spiro atoms. The highest BCUT2D eigenvalue weighted by molar-refractivity contribution is 5.69. The summed E-state index contributed by atoms with van der Waals surface area (Å²) in [6.07, 6.45) is 5.18. The van der Waals surface area contributed by atoms with Crippen molar-refractivity contribution in [2.24, 2.45) is 11.8 Å². The van der Waals surface area contributed by atoms with Gasteiger partial charge in [-0.15, -0.1) is 0 Å². The minimum atomic E-state index is 0.648. The number of hydrogen-bond donors (Lipinski definition) is 1. The van der Waals surface area contributed by atoms with E-state index in [1.54, 1.807) is 13.3 Å². The van der Waals surface area contributed by atoms with E-state index in [9.17, 15) is 0 Å². The van der Waals surface area contributed by atoms with Crippen molar-refractivity contribution in [3.05, 3.63) is 23.7 Å². The fraction of sp³-hybridized carbons (Fsp3) is 0.538. The van der Waals surface area contributed by atoms with Crippen LogP contribution in [0.5, 0.6) is 5.88 Å². The topological polar surface area (TPSA) is 47.0 Å². The Labute approximate surface area is 101 Å². The van der Waals surface area contributed by atoms with Crippen molar-refractivity contribution < 1.29 is 4.74 Å². The first-order chi connectivity index (χ1) is 8.28. The molecule has 90 valence electrons. The number of fused-ring (bicyclic) bond motifs is 1. The van der Waals surface area contributed by atoms with Crippen LogP contribution in [0.3, 0.4) is 0 Å². The van der Waals surface area contributed by atoms with Crippen LogP contribution in [0.2, 0.25) is 0 Å². The van der Waals surface area contributed by atoms with Crippen LogP contribution >= 0.6 is 0 Å². The molecule has 17 heavy (non-hydrogen) atoms. The molecular weight excluding hydrogens is 214 g/mol. The first-order valence-electron chi connectivity index (χ1n) is 6.07. The van der Waals surface area contributed by atoms with Crippen molar-refractivity contribution in [2.45, 2.75) is 13.3 Å². The summed E-state index contributed by atoms with van der Waals surface area (Å²) < 4.78 is 5.30.